The van der Waals surface area contributed by atoms with Crippen LogP contribution in [0.4, 0.5) is 0 Å². The second-order valence-corrected chi connectivity index (χ2v) is 5.10. The summed E-state index contributed by atoms with van der Waals surface area (Å²) in [4.78, 5) is 4.46. The summed E-state index contributed by atoms with van der Waals surface area (Å²) in [5.74, 6) is 2.75. The molecule has 0 aliphatic heterocycles. The predicted molar refractivity (Wildman–Crippen MR) is 77.6 cm³/mol. The molecule has 0 aromatic carbocycles. The molecular formula is C14H21BN3O. The molecule has 1 aromatic heterocycles. The fourth-order valence-corrected chi connectivity index (χ4v) is 1.95. The normalized spacial score (nSPS) is 12.3. The highest BCUT2D eigenvalue weighted by Crippen LogP contribution is 2.27. The summed E-state index contributed by atoms with van der Waals surface area (Å²) in [6.45, 7) is 11.9. The number of rotatable bonds is 6. The Kier molecular flexibility index (Phi) is 5.37. The molecule has 0 amide bonds. The number of nitrogens with zero attached hydrogens (tertiary/aromatic N) is 3. The van der Waals surface area contributed by atoms with Crippen molar-refractivity contribution in [3.63, 3.8) is 0 Å². The van der Waals surface area contributed by atoms with Crippen LogP contribution in [-0.4, -0.2) is 21.9 Å². The van der Waals surface area contributed by atoms with Crippen molar-refractivity contribution in [2.75, 3.05) is 0 Å². The fourth-order valence-electron chi connectivity index (χ4n) is 1.95. The molecule has 0 saturated carbocycles. The molecule has 1 rings (SSSR count). The van der Waals surface area contributed by atoms with E-state index in [1.807, 2.05) is 38.2 Å². The maximum absolute atomic E-state index is 10.3. The van der Waals surface area contributed by atoms with Crippen LogP contribution in [-0.2, 0) is 0 Å². The molecule has 0 saturated heterocycles. The van der Waals surface area contributed by atoms with Crippen LogP contribution < -0.4 is 0 Å². The van der Waals surface area contributed by atoms with E-state index in [2.05, 4.69) is 11.6 Å². The maximum atomic E-state index is 10.3. The fraction of sp³-hybridized carbons (Fsp3) is 0.571. The van der Waals surface area contributed by atoms with Gasteiger partial charge in [-0.2, -0.15) is 0 Å². The van der Waals surface area contributed by atoms with Gasteiger partial charge in [-0.05, 0) is 32.2 Å². The van der Waals surface area contributed by atoms with E-state index in [0.717, 1.165) is 17.1 Å². The zero-order valence-corrected chi connectivity index (χ0v) is 12.1. The van der Waals surface area contributed by atoms with Gasteiger partial charge in [0, 0.05) is 11.4 Å². The number of imidazole rings is 1. The highest BCUT2D eigenvalue weighted by molar-refractivity contribution is 6.45. The van der Waals surface area contributed by atoms with Crippen molar-refractivity contribution in [2.45, 2.75) is 46.5 Å². The van der Waals surface area contributed by atoms with E-state index >= 15 is 0 Å². The van der Waals surface area contributed by atoms with Crippen LogP contribution in [0.5, 0.6) is 0 Å². The van der Waals surface area contributed by atoms with Gasteiger partial charge < -0.3 is 9.67 Å². The van der Waals surface area contributed by atoms with Crippen molar-refractivity contribution in [2.24, 2.45) is 5.92 Å². The molecule has 0 bridgehead atoms. The first-order valence-corrected chi connectivity index (χ1v) is 6.53. The van der Waals surface area contributed by atoms with E-state index in [4.69, 9.17) is 5.26 Å². The quantitative estimate of drug-likeness (QED) is 0.630. The second-order valence-electron chi connectivity index (χ2n) is 5.10. The highest BCUT2D eigenvalue weighted by atomic mass is 16.3. The summed E-state index contributed by atoms with van der Waals surface area (Å²) in [6, 6.07) is 0. The summed E-state index contributed by atoms with van der Waals surface area (Å²) < 4.78 is 1.92. The lowest BCUT2D eigenvalue weighted by Gasteiger charge is -2.18. The summed E-state index contributed by atoms with van der Waals surface area (Å²) in [7, 11) is 1.56. The molecule has 4 nitrogen and oxygen atoms in total. The Balaban J connectivity index is 3.05. The first-order valence-electron chi connectivity index (χ1n) is 6.53. The molecule has 1 radical (unpaired) electrons. The van der Waals surface area contributed by atoms with Gasteiger partial charge in [-0.15, -0.1) is 0 Å². The molecule has 0 spiro atoms. The minimum atomic E-state index is -0.607. The molecular weight excluding hydrogens is 237 g/mol. The van der Waals surface area contributed by atoms with Gasteiger partial charge in [0.1, 0.15) is 11.9 Å². The van der Waals surface area contributed by atoms with Crippen LogP contribution >= 0.6 is 0 Å². The molecule has 1 aromatic rings. The maximum Gasteiger partial charge on any atom is 0.255 e. The number of aryl methyl sites for hydroxylation is 1. The van der Waals surface area contributed by atoms with Gasteiger partial charge in [0.2, 0.25) is 0 Å². The molecule has 0 aliphatic carbocycles. The molecule has 1 atom stereocenters. The highest BCUT2D eigenvalue weighted by Gasteiger charge is 2.22. The number of hydrogen-bond acceptors (Lipinski definition) is 3. The molecule has 1 unspecified atom stereocenters. The number of aromatic nitrogens is 2. The third-order valence-electron chi connectivity index (χ3n) is 3.25. The number of allylic oxidation sites excluding steroid dienone is 1. The molecule has 0 aliphatic rings. The van der Waals surface area contributed by atoms with Gasteiger partial charge >= 0.3 is 0 Å². The molecule has 1 heterocycles. The van der Waals surface area contributed by atoms with E-state index in [0.29, 0.717) is 18.6 Å². The Morgan fingerprint density at radius 2 is 2.16 bits per heavy atom. The molecule has 5 heteroatoms. The summed E-state index contributed by atoms with van der Waals surface area (Å²) in [5, 5.41) is 18.8. The lowest BCUT2D eigenvalue weighted by atomic mass is 9.75. The van der Waals surface area contributed by atoms with E-state index in [9.17, 15) is 5.11 Å². The van der Waals surface area contributed by atoms with Crippen LogP contribution in [0.15, 0.2) is 6.58 Å². The Morgan fingerprint density at radius 3 is 2.68 bits per heavy atom. The van der Waals surface area contributed by atoms with Crippen molar-refractivity contribution in [3.8, 4) is 5.97 Å². The van der Waals surface area contributed by atoms with Crippen LogP contribution in [0.1, 0.15) is 43.6 Å². The van der Waals surface area contributed by atoms with Crippen LogP contribution in [0.3, 0.4) is 0 Å². The standard InChI is InChI=1S/C14H21BN3O/c1-9(2)13(19)14-17-11(4)12(5)18(14)10(3)6-7-15-8-16/h9,13,19H,3,6-7H2,1-2,4-5H3. The van der Waals surface area contributed by atoms with Crippen molar-refractivity contribution in [1.29, 1.82) is 5.26 Å². The van der Waals surface area contributed by atoms with Crippen LogP contribution in [0, 0.1) is 31.0 Å². The topological polar surface area (TPSA) is 61.8 Å². The summed E-state index contributed by atoms with van der Waals surface area (Å²) >= 11 is 0. The number of hydrogen-bond donors (Lipinski definition) is 1. The molecule has 101 valence electrons. The molecule has 0 fully saturated rings. The van der Waals surface area contributed by atoms with Crippen molar-refractivity contribution in [3.05, 3.63) is 23.8 Å². The average Bonchev–Trinajstić information content (AvgIpc) is 2.65. The first kappa shape index (κ1) is 15.5. The molecule has 1 N–H and O–H groups in total. The van der Waals surface area contributed by atoms with Gasteiger partial charge in [-0.3, -0.25) is 0 Å². The summed E-state index contributed by atoms with van der Waals surface area (Å²) in [6.07, 6.45) is 0.731. The number of aliphatic hydroxyl groups excluding tert-OH is 1. The van der Waals surface area contributed by atoms with Gasteiger partial charge in [-0.1, -0.05) is 26.7 Å². The lowest BCUT2D eigenvalue weighted by molar-refractivity contribution is 0.116. The van der Waals surface area contributed by atoms with Crippen molar-refractivity contribution >= 4 is 13.0 Å². The third kappa shape index (κ3) is 3.48. The zero-order chi connectivity index (χ0) is 14.6. The van der Waals surface area contributed by atoms with Gasteiger partial charge in [-0.25, -0.2) is 10.2 Å². The van der Waals surface area contributed by atoms with E-state index < -0.39 is 6.10 Å². The van der Waals surface area contributed by atoms with E-state index in [-0.39, 0.29) is 5.92 Å². The predicted octanol–water partition coefficient (Wildman–Crippen LogP) is 2.65. The summed E-state index contributed by atoms with van der Waals surface area (Å²) in [5.41, 5.74) is 2.76. The average molecular weight is 258 g/mol. The lowest BCUT2D eigenvalue weighted by Crippen LogP contribution is -2.14. The SMILES string of the molecule is C=C(CC[B]C#N)n1c(C(O)C(C)C)nc(C)c1C. The Bertz CT molecular complexity index is 500. The largest absolute Gasteiger partial charge is 0.385 e. The minimum Gasteiger partial charge on any atom is -0.385 e. The van der Waals surface area contributed by atoms with E-state index in [1.54, 1.807) is 7.28 Å². The van der Waals surface area contributed by atoms with E-state index in [1.165, 1.54) is 0 Å². The third-order valence-corrected chi connectivity index (χ3v) is 3.25. The first-order chi connectivity index (χ1) is 8.90. The molecule has 19 heavy (non-hydrogen) atoms. The van der Waals surface area contributed by atoms with Crippen molar-refractivity contribution in [1.82, 2.24) is 9.55 Å². The van der Waals surface area contributed by atoms with Gasteiger partial charge in [0.05, 0.1) is 5.69 Å². The smallest absolute Gasteiger partial charge is 0.255 e. The van der Waals surface area contributed by atoms with Gasteiger partial charge in [0.25, 0.3) is 7.28 Å². The second kappa shape index (κ2) is 6.58. The Labute approximate surface area is 116 Å². The minimum absolute atomic E-state index is 0.0958. The Hall–Kier alpha value is -1.54. The van der Waals surface area contributed by atoms with Crippen LogP contribution in [0.2, 0.25) is 6.32 Å². The van der Waals surface area contributed by atoms with Crippen LogP contribution in [0.25, 0.3) is 5.70 Å². The number of aliphatic hydroxyl groups is 1. The van der Waals surface area contributed by atoms with Crippen molar-refractivity contribution < 1.29 is 5.11 Å². The zero-order valence-electron chi connectivity index (χ0n) is 12.1. The van der Waals surface area contributed by atoms with Gasteiger partial charge in [0.15, 0.2) is 0 Å². The number of nitriles is 1. The Morgan fingerprint density at radius 1 is 1.53 bits per heavy atom. The monoisotopic (exact) mass is 258 g/mol.